The van der Waals surface area contributed by atoms with E-state index in [2.05, 4.69) is 14.8 Å². The highest BCUT2D eigenvalue weighted by atomic mass is 32.2. The van der Waals surface area contributed by atoms with Gasteiger partial charge in [0.15, 0.2) is 5.82 Å². The van der Waals surface area contributed by atoms with Gasteiger partial charge in [-0.2, -0.15) is 10.4 Å². The average molecular weight is 263 g/mol. The number of hydrogen-bond donors (Lipinski definition) is 1. The third-order valence-electron chi connectivity index (χ3n) is 2.11. The van der Waals surface area contributed by atoms with Crippen LogP contribution in [0.5, 0.6) is 0 Å². The first-order chi connectivity index (χ1) is 8.51. The Morgan fingerprint density at radius 1 is 1.39 bits per heavy atom. The van der Waals surface area contributed by atoms with E-state index in [0.29, 0.717) is 0 Å². The topological polar surface area (TPSA) is 101 Å². The predicted octanol–water partition coefficient (Wildman–Crippen LogP) is 0.488. The molecular formula is C10H9N5O2S. The summed E-state index contributed by atoms with van der Waals surface area (Å²) < 4.78 is 27.6. The van der Waals surface area contributed by atoms with E-state index in [1.165, 1.54) is 22.9 Å². The molecular weight excluding hydrogens is 254 g/mol. The maximum absolute atomic E-state index is 11.9. The molecule has 0 amide bonds. The highest BCUT2D eigenvalue weighted by Crippen LogP contribution is 2.13. The molecule has 0 aliphatic rings. The second kappa shape index (κ2) is 4.46. The molecule has 0 saturated heterocycles. The third kappa shape index (κ3) is 2.46. The number of rotatable bonds is 3. The summed E-state index contributed by atoms with van der Waals surface area (Å²) in [7, 11) is -2.04. The Morgan fingerprint density at radius 3 is 2.67 bits per heavy atom. The lowest BCUT2D eigenvalue weighted by Gasteiger charge is -2.04. The van der Waals surface area contributed by atoms with Crippen LogP contribution in [-0.4, -0.2) is 23.2 Å². The number of sulfonamides is 1. The van der Waals surface area contributed by atoms with Gasteiger partial charge in [0.05, 0.1) is 0 Å². The molecule has 0 spiro atoms. The molecule has 0 aliphatic carbocycles. The first-order valence-electron chi connectivity index (χ1n) is 4.90. The monoisotopic (exact) mass is 263 g/mol. The van der Waals surface area contributed by atoms with E-state index < -0.39 is 10.0 Å². The summed E-state index contributed by atoms with van der Waals surface area (Å²) in [5.74, 6) is 0.224. The molecule has 2 rings (SSSR count). The normalized spacial score (nSPS) is 10.9. The second-order valence-corrected chi connectivity index (χ2v) is 5.15. The van der Waals surface area contributed by atoms with Crippen LogP contribution in [0.1, 0.15) is 5.69 Å². The molecule has 2 aromatic heterocycles. The van der Waals surface area contributed by atoms with Crippen LogP contribution < -0.4 is 4.72 Å². The molecule has 0 radical (unpaired) electrons. The van der Waals surface area contributed by atoms with Gasteiger partial charge in [0, 0.05) is 25.5 Å². The first-order valence-corrected chi connectivity index (χ1v) is 6.38. The van der Waals surface area contributed by atoms with Crippen molar-refractivity contribution in [1.82, 2.24) is 14.8 Å². The number of pyridine rings is 1. The Morgan fingerprint density at radius 2 is 2.17 bits per heavy atom. The van der Waals surface area contributed by atoms with Gasteiger partial charge >= 0.3 is 0 Å². The van der Waals surface area contributed by atoms with E-state index in [1.807, 2.05) is 6.07 Å². The maximum Gasteiger partial charge on any atom is 0.264 e. The molecule has 0 fully saturated rings. The van der Waals surface area contributed by atoms with E-state index in [9.17, 15) is 8.42 Å². The minimum absolute atomic E-state index is 0.0212. The lowest BCUT2D eigenvalue weighted by atomic mass is 10.4. The zero-order valence-corrected chi connectivity index (χ0v) is 10.2. The van der Waals surface area contributed by atoms with E-state index >= 15 is 0 Å². The highest BCUT2D eigenvalue weighted by molar-refractivity contribution is 7.92. The fraction of sp³-hybridized carbons (Fsp3) is 0.100. The molecule has 1 N–H and O–H groups in total. The van der Waals surface area contributed by atoms with Gasteiger partial charge < -0.3 is 0 Å². The number of nitrogens with zero attached hydrogens (tertiary/aromatic N) is 4. The Labute approximate surface area is 104 Å². The summed E-state index contributed by atoms with van der Waals surface area (Å²) in [6.07, 6.45) is 2.75. The minimum atomic E-state index is -3.72. The number of nitrogens with one attached hydrogen (secondary N) is 1. The summed E-state index contributed by atoms with van der Waals surface area (Å²) in [5.41, 5.74) is 0.159. The van der Waals surface area contributed by atoms with E-state index in [1.54, 1.807) is 13.2 Å². The van der Waals surface area contributed by atoms with Gasteiger partial charge in [-0.25, -0.2) is 13.4 Å². The SMILES string of the molecule is Cn1ccc(NS(=O)(=O)c2ccc(C#N)nc2)n1. The number of anilines is 1. The standard InChI is InChI=1S/C10H9N5O2S/c1-15-5-4-10(13-15)14-18(16,17)9-3-2-8(6-11)12-7-9/h2-5,7H,1H3,(H,13,14). The van der Waals surface area contributed by atoms with Crippen LogP contribution in [0.4, 0.5) is 5.82 Å². The molecule has 18 heavy (non-hydrogen) atoms. The fourth-order valence-corrected chi connectivity index (χ4v) is 2.21. The van der Waals surface area contributed by atoms with Crippen molar-refractivity contribution in [3.63, 3.8) is 0 Å². The van der Waals surface area contributed by atoms with Gasteiger partial charge in [0.1, 0.15) is 16.7 Å². The van der Waals surface area contributed by atoms with E-state index in [0.717, 1.165) is 6.20 Å². The van der Waals surface area contributed by atoms with Crippen molar-refractivity contribution in [2.24, 2.45) is 7.05 Å². The van der Waals surface area contributed by atoms with Crippen molar-refractivity contribution in [2.75, 3.05) is 4.72 Å². The van der Waals surface area contributed by atoms with Crippen LogP contribution in [-0.2, 0) is 17.1 Å². The summed E-state index contributed by atoms with van der Waals surface area (Å²) in [6.45, 7) is 0. The summed E-state index contributed by atoms with van der Waals surface area (Å²) in [6, 6.07) is 6.01. The Kier molecular flexibility index (Phi) is 2.99. The summed E-state index contributed by atoms with van der Waals surface area (Å²) in [4.78, 5) is 3.68. The molecule has 0 aliphatic heterocycles. The van der Waals surface area contributed by atoms with Crippen LogP contribution >= 0.6 is 0 Å². The van der Waals surface area contributed by atoms with E-state index in [4.69, 9.17) is 5.26 Å². The largest absolute Gasteiger partial charge is 0.274 e. The Hall–Kier alpha value is -2.40. The van der Waals surface area contributed by atoms with Crippen LogP contribution in [0.25, 0.3) is 0 Å². The van der Waals surface area contributed by atoms with Gasteiger partial charge in [-0.3, -0.25) is 9.40 Å². The number of hydrogen-bond acceptors (Lipinski definition) is 5. The maximum atomic E-state index is 11.9. The predicted molar refractivity (Wildman–Crippen MR) is 63.0 cm³/mol. The molecule has 0 atom stereocenters. The number of aromatic nitrogens is 3. The Balaban J connectivity index is 2.28. The number of aryl methyl sites for hydroxylation is 1. The van der Waals surface area contributed by atoms with Crippen LogP contribution in [0.2, 0.25) is 0 Å². The molecule has 0 unspecified atom stereocenters. The third-order valence-corrected chi connectivity index (χ3v) is 3.45. The van der Waals surface area contributed by atoms with Gasteiger partial charge in [-0.15, -0.1) is 0 Å². The lowest BCUT2D eigenvalue weighted by Crippen LogP contribution is -2.13. The first kappa shape index (κ1) is 12.1. The summed E-state index contributed by atoms with van der Waals surface area (Å²) in [5, 5.41) is 12.5. The zero-order chi connectivity index (χ0) is 13.2. The van der Waals surface area contributed by atoms with Crippen LogP contribution in [0.15, 0.2) is 35.5 Å². The van der Waals surface area contributed by atoms with Crippen molar-refractivity contribution in [1.29, 1.82) is 5.26 Å². The molecule has 2 heterocycles. The molecule has 92 valence electrons. The average Bonchev–Trinajstić information content (AvgIpc) is 2.74. The molecule has 8 heteroatoms. The molecule has 0 aromatic carbocycles. The van der Waals surface area contributed by atoms with Crippen molar-refractivity contribution < 1.29 is 8.42 Å². The second-order valence-electron chi connectivity index (χ2n) is 3.47. The van der Waals surface area contributed by atoms with Crippen molar-refractivity contribution in [3.05, 3.63) is 36.3 Å². The Bertz CT molecular complexity index is 697. The van der Waals surface area contributed by atoms with E-state index in [-0.39, 0.29) is 16.4 Å². The van der Waals surface area contributed by atoms with Gasteiger partial charge in [0.2, 0.25) is 0 Å². The molecule has 0 bridgehead atoms. The smallest absolute Gasteiger partial charge is 0.264 e. The molecule has 0 saturated carbocycles. The zero-order valence-electron chi connectivity index (χ0n) is 9.40. The van der Waals surface area contributed by atoms with Crippen molar-refractivity contribution >= 4 is 15.8 Å². The van der Waals surface area contributed by atoms with Gasteiger partial charge in [0.25, 0.3) is 10.0 Å². The summed E-state index contributed by atoms with van der Waals surface area (Å²) >= 11 is 0. The van der Waals surface area contributed by atoms with Crippen LogP contribution in [0, 0.1) is 11.3 Å². The quantitative estimate of drug-likeness (QED) is 0.868. The van der Waals surface area contributed by atoms with Crippen molar-refractivity contribution in [2.45, 2.75) is 4.90 Å². The van der Waals surface area contributed by atoms with Gasteiger partial charge in [-0.1, -0.05) is 0 Å². The molecule has 7 nitrogen and oxygen atoms in total. The van der Waals surface area contributed by atoms with Crippen LogP contribution in [0.3, 0.4) is 0 Å². The highest BCUT2D eigenvalue weighted by Gasteiger charge is 2.15. The number of nitriles is 1. The molecule has 2 aromatic rings. The van der Waals surface area contributed by atoms with Crippen molar-refractivity contribution in [3.8, 4) is 6.07 Å². The lowest BCUT2D eigenvalue weighted by molar-refractivity contribution is 0.600. The fourth-order valence-electron chi connectivity index (χ4n) is 1.27. The minimum Gasteiger partial charge on any atom is -0.274 e. The van der Waals surface area contributed by atoms with Gasteiger partial charge in [-0.05, 0) is 12.1 Å².